The molecule has 0 saturated heterocycles. The standard InChI is InChI=1S/C16H29NO3/c1-3-11-17(12-10-16(19)20-4-2)15(18)13-14-8-6-5-7-9-14/h14H,3-13H2,1-2H3. The largest absolute Gasteiger partial charge is 0.466 e. The predicted molar refractivity (Wildman–Crippen MR) is 79.3 cm³/mol. The first kappa shape index (κ1) is 17.0. The molecule has 20 heavy (non-hydrogen) atoms. The van der Waals surface area contributed by atoms with Crippen LogP contribution in [0.4, 0.5) is 0 Å². The summed E-state index contributed by atoms with van der Waals surface area (Å²) in [6.45, 7) is 5.51. The maximum absolute atomic E-state index is 12.3. The molecular weight excluding hydrogens is 254 g/mol. The molecular formula is C16H29NO3. The van der Waals surface area contributed by atoms with E-state index in [1.807, 2.05) is 4.90 Å². The third-order valence-corrected chi connectivity index (χ3v) is 3.93. The highest BCUT2D eigenvalue weighted by molar-refractivity contribution is 5.77. The number of hydrogen-bond acceptors (Lipinski definition) is 3. The second-order valence-corrected chi connectivity index (χ2v) is 5.64. The summed E-state index contributed by atoms with van der Waals surface area (Å²) in [5, 5.41) is 0. The minimum atomic E-state index is -0.209. The molecule has 1 saturated carbocycles. The lowest BCUT2D eigenvalue weighted by Gasteiger charge is -2.26. The van der Waals surface area contributed by atoms with Gasteiger partial charge in [0, 0.05) is 19.5 Å². The smallest absolute Gasteiger partial charge is 0.307 e. The Morgan fingerprint density at radius 1 is 1.10 bits per heavy atom. The van der Waals surface area contributed by atoms with Gasteiger partial charge in [0.05, 0.1) is 13.0 Å². The van der Waals surface area contributed by atoms with Crippen LogP contribution >= 0.6 is 0 Å². The van der Waals surface area contributed by atoms with Crippen molar-refractivity contribution in [3.63, 3.8) is 0 Å². The van der Waals surface area contributed by atoms with Crippen molar-refractivity contribution in [2.24, 2.45) is 5.92 Å². The van der Waals surface area contributed by atoms with Crippen molar-refractivity contribution in [2.45, 2.75) is 65.2 Å². The Labute approximate surface area is 122 Å². The number of nitrogens with zero attached hydrogens (tertiary/aromatic N) is 1. The summed E-state index contributed by atoms with van der Waals surface area (Å²) in [5.74, 6) is 0.556. The first-order valence-corrected chi connectivity index (χ1v) is 8.10. The van der Waals surface area contributed by atoms with Crippen LogP contribution in [0.3, 0.4) is 0 Å². The minimum Gasteiger partial charge on any atom is -0.466 e. The van der Waals surface area contributed by atoms with Crippen LogP contribution in [0.1, 0.15) is 65.2 Å². The highest BCUT2D eigenvalue weighted by Crippen LogP contribution is 2.26. The molecule has 1 rings (SSSR count). The summed E-state index contributed by atoms with van der Waals surface area (Å²) in [4.78, 5) is 25.6. The van der Waals surface area contributed by atoms with Gasteiger partial charge in [-0.05, 0) is 32.1 Å². The van der Waals surface area contributed by atoms with E-state index in [1.165, 1.54) is 32.1 Å². The van der Waals surface area contributed by atoms with Crippen LogP contribution in [0.2, 0.25) is 0 Å². The van der Waals surface area contributed by atoms with Gasteiger partial charge in [-0.15, -0.1) is 0 Å². The Morgan fingerprint density at radius 2 is 1.80 bits per heavy atom. The van der Waals surface area contributed by atoms with Crippen molar-refractivity contribution < 1.29 is 14.3 Å². The van der Waals surface area contributed by atoms with E-state index < -0.39 is 0 Å². The highest BCUT2D eigenvalue weighted by atomic mass is 16.5. The van der Waals surface area contributed by atoms with E-state index in [0.717, 1.165) is 13.0 Å². The van der Waals surface area contributed by atoms with Crippen LogP contribution < -0.4 is 0 Å². The Balaban J connectivity index is 2.38. The van der Waals surface area contributed by atoms with Crippen molar-refractivity contribution in [1.82, 2.24) is 4.90 Å². The zero-order valence-corrected chi connectivity index (χ0v) is 13.0. The fraction of sp³-hybridized carbons (Fsp3) is 0.875. The molecule has 0 atom stereocenters. The zero-order chi connectivity index (χ0) is 14.8. The fourth-order valence-electron chi connectivity index (χ4n) is 2.86. The molecule has 0 aromatic carbocycles. The third-order valence-electron chi connectivity index (χ3n) is 3.93. The number of carbonyl (C=O) groups excluding carboxylic acids is 2. The zero-order valence-electron chi connectivity index (χ0n) is 13.0. The number of rotatable bonds is 8. The number of hydrogen-bond donors (Lipinski definition) is 0. The molecule has 1 aliphatic rings. The first-order valence-electron chi connectivity index (χ1n) is 8.10. The van der Waals surface area contributed by atoms with E-state index in [0.29, 0.717) is 31.9 Å². The van der Waals surface area contributed by atoms with Gasteiger partial charge in [-0.1, -0.05) is 26.2 Å². The average Bonchev–Trinajstić information content (AvgIpc) is 2.44. The van der Waals surface area contributed by atoms with E-state index in [1.54, 1.807) is 6.92 Å². The highest BCUT2D eigenvalue weighted by Gasteiger charge is 2.21. The second-order valence-electron chi connectivity index (χ2n) is 5.64. The van der Waals surface area contributed by atoms with Crippen molar-refractivity contribution in [3.8, 4) is 0 Å². The van der Waals surface area contributed by atoms with Crippen LogP contribution in [-0.4, -0.2) is 36.5 Å². The first-order chi connectivity index (χ1) is 9.67. The number of esters is 1. The Hall–Kier alpha value is -1.06. The van der Waals surface area contributed by atoms with Crippen LogP contribution in [0.25, 0.3) is 0 Å². The van der Waals surface area contributed by atoms with Crippen LogP contribution in [0.5, 0.6) is 0 Å². The number of ether oxygens (including phenoxy) is 1. The molecule has 116 valence electrons. The van der Waals surface area contributed by atoms with Crippen LogP contribution in [0.15, 0.2) is 0 Å². The maximum atomic E-state index is 12.3. The summed E-state index contributed by atoms with van der Waals surface area (Å²) >= 11 is 0. The quantitative estimate of drug-likeness (QED) is 0.643. The van der Waals surface area contributed by atoms with E-state index in [-0.39, 0.29) is 11.9 Å². The van der Waals surface area contributed by atoms with E-state index in [4.69, 9.17) is 4.74 Å². The minimum absolute atomic E-state index is 0.209. The molecule has 0 bridgehead atoms. The predicted octanol–water partition coefficient (Wildman–Crippen LogP) is 3.15. The topological polar surface area (TPSA) is 46.6 Å². The molecule has 0 heterocycles. The van der Waals surface area contributed by atoms with Gasteiger partial charge in [-0.2, -0.15) is 0 Å². The fourth-order valence-corrected chi connectivity index (χ4v) is 2.86. The molecule has 0 spiro atoms. The van der Waals surface area contributed by atoms with Gasteiger partial charge in [0.15, 0.2) is 0 Å². The molecule has 1 amide bonds. The molecule has 4 heteroatoms. The van der Waals surface area contributed by atoms with E-state index in [9.17, 15) is 9.59 Å². The van der Waals surface area contributed by atoms with Crippen molar-refractivity contribution in [1.29, 1.82) is 0 Å². The lowest BCUT2D eigenvalue weighted by molar-refractivity contribution is -0.144. The number of carbonyl (C=O) groups is 2. The van der Waals surface area contributed by atoms with Crippen molar-refractivity contribution in [3.05, 3.63) is 0 Å². The summed E-state index contributed by atoms with van der Waals surface area (Å²) in [7, 11) is 0. The lowest BCUT2D eigenvalue weighted by Crippen LogP contribution is -2.35. The molecule has 0 aromatic rings. The van der Waals surface area contributed by atoms with Crippen LogP contribution in [0, 0.1) is 5.92 Å². The number of amides is 1. The van der Waals surface area contributed by atoms with Crippen LogP contribution in [-0.2, 0) is 14.3 Å². The van der Waals surface area contributed by atoms with E-state index in [2.05, 4.69) is 6.92 Å². The van der Waals surface area contributed by atoms with Crippen molar-refractivity contribution >= 4 is 11.9 Å². The molecule has 1 fully saturated rings. The van der Waals surface area contributed by atoms with Gasteiger partial charge in [0.1, 0.15) is 0 Å². The summed E-state index contributed by atoms with van der Waals surface area (Å²) < 4.78 is 4.92. The monoisotopic (exact) mass is 283 g/mol. The SMILES string of the molecule is CCCN(CCC(=O)OCC)C(=O)CC1CCCCC1. The molecule has 0 radical (unpaired) electrons. The second kappa shape index (κ2) is 9.78. The Morgan fingerprint density at radius 3 is 2.40 bits per heavy atom. The molecule has 0 N–H and O–H groups in total. The average molecular weight is 283 g/mol. The summed E-state index contributed by atoms with van der Waals surface area (Å²) in [6.07, 6.45) is 8.09. The maximum Gasteiger partial charge on any atom is 0.307 e. The van der Waals surface area contributed by atoms with Gasteiger partial charge in [0.2, 0.25) is 5.91 Å². The molecule has 1 aliphatic carbocycles. The third kappa shape index (κ3) is 6.40. The Bertz CT molecular complexity index is 298. The molecule has 0 aromatic heterocycles. The molecule has 0 unspecified atom stereocenters. The lowest BCUT2D eigenvalue weighted by atomic mass is 9.86. The summed E-state index contributed by atoms with van der Waals surface area (Å²) in [5.41, 5.74) is 0. The Kier molecular flexibility index (Phi) is 8.31. The van der Waals surface area contributed by atoms with Gasteiger partial charge in [-0.25, -0.2) is 0 Å². The normalized spacial score (nSPS) is 15.9. The summed E-state index contributed by atoms with van der Waals surface area (Å²) in [6, 6.07) is 0. The van der Waals surface area contributed by atoms with Gasteiger partial charge in [-0.3, -0.25) is 9.59 Å². The van der Waals surface area contributed by atoms with Gasteiger partial charge in [0.25, 0.3) is 0 Å². The van der Waals surface area contributed by atoms with Gasteiger partial charge < -0.3 is 9.64 Å². The van der Waals surface area contributed by atoms with Crippen molar-refractivity contribution in [2.75, 3.05) is 19.7 Å². The molecule has 0 aliphatic heterocycles. The van der Waals surface area contributed by atoms with E-state index >= 15 is 0 Å². The van der Waals surface area contributed by atoms with Gasteiger partial charge >= 0.3 is 5.97 Å². The molecule has 4 nitrogen and oxygen atoms in total.